The van der Waals surface area contributed by atoms with E-state index < -0.39 is 24.0 Å². The van der Waals surface area contributed by atoms with Gasteiger partial charge in [0.05, 0.1) is 22.2 Å². The van der Waals surface area contributed by atoms with Crippen LogP contribution in [0.15, 0.2) is 35.3 Å². The Hall–Kier alpha value is -4.01. The number of carboxylic acids is 1. The Balaban J connectivity index is 1.28. The molecule has 0 aliphatic carbocycles. The van der Waals surface area contributed by atoms with E-state index in [1.165, 1.54) is 0 Å². The van der Waals surface area contributed by atoms with Gasteiger partial charge in [-0.05, 0) is 54.5 Å². The molecule has 0 radical (unpaired) electrons. The van der Waals surface area contributed by atoms with Crippen LogP contribution in [0, 0.1) is 11.5 Å². The molecule has 2 aromatic rings. The zero-order valence-corrected chi connectivity index (χ0v) is 24.2. The van der Waals surface area contributed by atoms with E-state index in [2.05, 4.69) is 15.6 Å². The maximum Gasteiger partial charge on any atom is 0.328 e. The number of carbonyl (C=O) groups is 3. The number of ether oxygens (including phenoxy) is 1. The first-order valence-corrected chi connectivity index (χ1v) is 14.5. The predicted octanol–water partition coefficient (Wildman–Crippen LogP) is 2.98. The number of amides is 2. The number of piperidine rings is 1. The van der Waals surface area contributed by atoms with E-state index in [4.69, 9.17) is 33.2 Å². The fraction of sp³-hybridized carbons (Fsp3) is 0.414. The van der Waals surface area contributed by atoms with Crippen molar-refractivity contribution >= 4 is 46.9 Å². The maximum atomic E-state index is 13.3. The van der Waals surface area contributed by atoms with Crippen molar-refractivity contribution in [3.8, 4) is 11.9 Å². The lowest BCUT2D eigenvalue weighted by Gasteiger charge is -2.31. The molecule has 2 aromatic carbocycles. The number of nitrogens with one attached hydrogen (secondary N) is 2. The Kier molecular flexibility index (Phi) is 9.04. The summed E-state index contributed by atoms with van der Waals surface area (Å²) in [5.41, 5.74) is 2.35. The van der Waals surface area contributed by atoms with Crippen LogP contribution in [0.4, 0.5) is 0 Å². The number of hydrogen-bond acceptors (Lipinski definition) is 6. The molecule has 0 saturated carbocycles. The number of para-hydroxylation sites is 1. The summed E-state index contributed by atoms with van der Waals surface area (Å²) in [6.45, 7) is 1.72. The van der Waals surface area contributed by atoms with E-state index in [0.29, 0.717) is 49.4 Å². The average Bonchev–Trinajstić information content (AvgIpc) is 3.42. The highest BCUT2D eigenvalue weighted by atomic mass is 35.5. The summed E-state index contributed by atoms with van der Waals surface area (Å²) in [6, 6.07) is 7.78. The minimum absolute atomic E-state index is 0.0342. The van der Waals surface area contributed by atoms with E-state index in [1.54, 1.807) is 11.0 Å². The normalized spacial score (nSPS) is 18.7. The first-order chi connectivity index (χ1) is 20.3. The van der Waals surface area contributed by atoms with Crippen molar-refractivity contribution < 1.29 is 24.2 Å². The number of aliphatic carboxylic acids is 1. The van der Waals surface area contributed by atoms with Gasteiger partial charge in [0.2, 0.25) is 5.96 Å². The van der Waals surface area contributed by atoms with Gasteiger partial charge in [0, 0.05) is 32.6 Å². The summed E-state index contributed by atoms with van der Waals surface area (Å²) in [5.74, 6) is -1.19. The van der Waals surface area contributed by atoms with Crippen LogP contribution in [0.25, 0.3) is 0 Å². The second-order valence-electron chi connectivity index (χ2n) is 10.4. The van der Waals surface area contributed by atoms with Crippen LogP contribution in [0.2, 0.25) is 10.0 Å². The Morgan fingerprint density at radius 1 is 1.12 bits per heavy atom. The van der Waals surface area contributed by atoms with Crippen LogP contribution >= 0.6 is 23.2 Å². The van der Waals surface area contributed by atoms with Crippen molar-refractivity contribution in [3.63, 3.8) is 0 Å². The van der Waals surface area contributed by atoms with Crippen molar-refractivity contribution in [2.75, 3.05) is 26.2 Å². The van der Waals surface area contributed by atoms with Crippen molar-refractivity contribution in [3.05, 3.63) is 62.6 Å². The summed E-state index contributed by atoms with van der Waals surface area (Å²) in [6.07, 6.45) is 5.08. The molecule has 1 unspecified atom stereocenters. The summed E-state index contributed by atoms with van der Waals surface area (Å²) >= 11 is 13.2. The summed E-state index contributed by atoms with van der Waals surface area (Å²) in [5, 5.41) is 24.1. The largest absolute Gasteiger partial charge is 0.480 e. The summed E-state index contributed by atoms with van der Waals surface area (Å²) in [4.78, 5) is 46.4. The average molecular weight is 614 g/mol. The lowest BCUT2D eigenvalue weighted by Crippen LogP contribution is -2.46. The molecule has 0 bridgehead atoms. The minimum Gasteiger partial charge on any atom is -0.480 e. The van der Waals surface area contributed by atoms with Crippen LogP contribution in [0.5, 0.6) is 5.75 Å². The van der Waals surface area contributed by atoms with Crippen LogP contribution < -0.4 is 15.4 Å². The number of carboxylic acid groups (broad SMARTS) is 1. The summed E-state index contributed by atoms with van der Waals surface area (Å²) < 4.78 is 5.87. The zero-order valence-electron chi connectivity index (χ0n) is 22.7. The molecule has 3 aliphatic heterocycles. The van der Waals surface area contributed by atoms with E-state index in [9.17, 15) is 19.5 Å². The second kappa shape index (κ2) is 12.9. The van der Waals surface area contributed by atoms with Gasteiger partial charge in [-0.25, -0.2) is 9.79 Å². The molecule has 2 atom stereocenters. The standard InChI is InChI=1S/C29H30Cl2N6O5/c30-20-12-18-15-37(27(39)23-13-17-6-2-3-7-22(17)42-23)11-8-19(18)25(31)24(20)26(38)35-21(28(40)41)14-33-29(34-16-32)36-9-4-1-5-10-36/h2-3,6-7,12,21,23H,1,4-5,8-11,13-15H2,(H,33,34)(H,35,38)(H,40,41)/t21-,23?/m0/s1. The highest BCUT2D eigenvalue weighted by molar-refractivity contribution is 6.40. The number of nitriles is 1. The molecule has 11 nitrogen and oxygen atoms in total. The fourth-order valence-electron chi connectivity index (χ4n) is 5.54. The quantitative estimate of drug-likeness (QED) is 0.195. The lowest BCUT2D eigenvalue weighted by atomic mass is 9.95. The van der Waals surface area contributed by atoms with E-state index >= 15 is 0 Å². The van der Waals surface area contributed by atoms with Crippen molar-refractivity contribution in [2.24, 2.45) is 4.99 Å². The molecule has 220 valence electrons. The second-order valence-corrected chi connectivity index (χ2v) is 11.2. The zero-order chi connectivity index (χ0) is 29.8. The van der Waals surface area contributed by atoms with Crippen LogP contribution in [-0.4, -0.2) is 77.0 Å². The number of guanidine groups is 1. The monoisotopic (exact) mass is 612 g/mol. The van der Waals surface area contributed by atoms with Gasteiger partial charge in [0.1, 0.15) is 11.8 Å². The van der Waals surface area contributed by atoms with E-state index in [-0.39, 0.29) is 40.6 Å². The third-order valence-electron chi connectivity index (χ3n) is 7.72. The molecule has 1 saturated heterocycles. The number of likely N-dealkylation sites (tertiary alicyclic amines) is 1. The smallest absolute Gasteiger partial charge is 0.328 e. The third kappa shape index (κ3) is 6.25. The fourth-order valence-corrected chi connectivity index (χ4v) is 6.30. The van der Waals surface area contributed by atoms with Crippen molar-refractivity contribution in [2.45, 2.75) is 50.8 Å². The molecular weight excluding hydrogens is 583 g/mol. The SMILES string of the molecule is N#CNC(=NC[C@H](NC(=O)c1c(Cl)cc2c(c1Cl)CCN(C(=O)C1Cc3ccccc3O1)C2)C(=O)O)N1CCCCC1. The molecular formula is C29H30Cl2N6O5. The van der Waals surface area contributed by atoms with Crippen LogP contribution in [0.3, 0.4) is 0 Å². The Bertz CT molecular complexity index is 1440. The first kappa shape index (κ1) is 29.5. The first-order valence-electron chi connectivity index (χ1n) is 13.8. The molecule has 3 heterocycles. The predicted molar refractivity (Wildman–Crippen MR) is 156 cm³/mol. The Labute approximate surface area is 253 Å². The number of aliphatic imine (C=N–C) groups is 1. The Morgan fingerprint density at radius 3 is 2.60 bits per heavy atom. The maximum absolute atomic E-state index is 13.3. The molecule has 42 heavy (non-hydrogen) atoms. The molecule has 2 amide bonds. The number of benzene rings is 2. The topological polar surface area (TPSA) is 147 Å². The molecule has 0 aromatic heterocycles. The molecule has 1 fully saturated rings. The summed E-state index contributed by atoms with van der Waals surface area (Å²) in [7, 11) is 0. The number of fused-ring (bicyclic) bond motifs is 2. The van der Waals surface area contributed by atoms with Gasteiger partial charge in [-0.3, -0.25) is 14.9 Å². The van der Waals surface area contributed by atoms with Crippen LogP contribution in [0.1, 0.15) is 46.3 Å². The van der Waals surface area contributed by atoms with Crippen LogP contribution in [-0.2, 0) is 29.0 Å². The van der Waals surface area contributed by atoms with E-state index in [0.717, 1.165) is 24.8 Å². The van der Waals surface area contributed by atoms with Gasteiger partial charge < -0.3 is 25.0 Å². The van der Waals surface area contributed by atoms with Gasteiger partial charge in [-0.15, -0.1) is 0 Å². The van der Waals surface area contributed by atoms with Gasteiger partial charge in [-0.2, -0.15) is 5.26 Å². The van der Waals surface area contributed by atoms with Crippen molar-refractivity contribution in [1.82, 2.24) is 20.4 Å². The van der Waals surface area contributed by atoms with Gasteiger partial charge in [0.25, 0.3) is 11.8 Å². The van der Waals surface area contributed by atoms with Gasteiger partial charge in [-0.1, -0.05) is 41.4 Å². The molecule has 13 heteroatoms. The third-order valence-corrected chi connectivity index (χ3v) is 8.43. The van der Waals surface area contributed by atoms with Crippen molar-refractivity contribution in [1.29, 1.82) is 5.26 Å². The Morgan fingerprint density at radius 2 is 1.88 bits per heavy atom. The molecule has 3 aliphatic rings. The molecule has 5 rings (SSSR count). The number of hydrogen-bond donors (Lipinski definition) is 3. The number of nitrogens with zero attached hydrogens (tertiary/aromatic N) is 4. The highest BCUT2D eigenvalue weighted by Gasteiger charge is 2.35. The molecule has 0 spiro atoms. The molecule has 3 N–H and O–H groups in total. The number of rotatable bonds is 6. The number of halogens is 2. The highest BCUT2D eigenvalue weighted by Crippen LogP contribution is 2.36. The van der Waals surface area contributed by atoms with E-state index in [1.807, 2.05) is 35.4 Å². The minimum atomic E-state index is -1.38. The number of carbonyl (C=O) groups excluding carboxylic acids is 2. The lowest BCUT2D eigenvalue weighted by molar-refractivity contribution is -0.139. The van der Waals surface area contributed by atoms with Gasteiger partial charge >= 0.3 is 5.97 Å². The van der Waals surface area contributed by atoms with Gasteiger partial charge in [0.15, 0.2) is 12.3 Å².